The summed E-state index contributed by atoms with van der Waals surface area (Å²) in [6.45, 7) is 3.81. The Kier molecular flexibility index (Phi) is 6.18. The van der Waals surface area contributed by atoms with Gasteiger partial charge < -0.3 is 10.2 Å². The molecule has 3 N–H and O–H groups in total. The average molecular weight is 279 g/mol. The van der Waals surface area contributed by atoms with Crippen LogP contribution in [0.3, 0.4) is 0 Å². The summed E-state index contributed by atoms with van der Waals surface area (Å²) < 4.78 is 0. The maximum absolute atomic E-state index is 11.3. The highest BCUT2D eigenvalue weighted by molar-refractivity contribution is 5.77. The molecule has 0 aliphatic rings. The quantitative estimate of drug-likeness (QED) is 0.675. The molecule has 0 aromatic heterocycles. The molecular weight excluding hydrogens is 258 g/mol. The van der Waals surface area contributed by atoms with E-state index < -0.39 is 24.0 Å². The van der Waals surface area contributed by atoms with Crippen molar-refractivity contribution in [2.75, 3.05) is 0 Å². The van der Waals surface area contributed by atoms with E-state index in [1.165, 1.54) is 0 Å². The van der Waals surface area contributed by atoms with E-state index in [0.717, 1.165) is 5.56 Å². The Morgan fingerprint density at radius 2 is 1.60 bits per heavy atom. The zero-order chi connectivity index (χ0) is 15.1. The number of carboxylic acid groups (broad SMARTS) is 2. The molecule has 0 aliphatic carbocycles. The normalized spacial score (nSPS) is 13.9. The number of hydrogen-bond acceptors (Lipinski definition) is 3. The third kappa shape index (κ3) is 5.40. The van der Waals surface area contributed by atoms with Crippen molar-refractivity contribution in [2.24, 2.45) is 5.92 Å². The molecular formula is C15H21NO4. The van der Waals surface area contributed by atoms with Crippen LogP contribution in [0.5, 0.6) is 0 Å². The van der Waals surface area contributed by atoms with Gasteiger partial charge in [0.05, 0.1) is 0 Å². The minimum Gasteiger partial charge on any atom is -0.480 e. The lowest BCUT2D eigenvalue weighted by Crippen LogP contribution is -2.48. The lowest BCUT2D eigenvalue weighted by Gasteiger charge is -2.21. The fourth-order valence-electron chi connectivity index (χ4n) is 2.02. The summed E-state index contributed by atoms with van der Waals surface area (Å²) in [5.74, 6) is -1.88. The van der Waals surface area contributed by atoms with Crippen LogP contribution in [0.15, 0.2) is 30.3 Å². The van der Waals surface area contributed by atoms with Gasteiger partial charge in [0.15, 0.2) is 0 Å². The largest absolute Gasteiger partial charge is 0.480 e. The summed E-state index contributed by atoms with van der Waals surface area (Å²) in [5.41, 5.74) is 0.862. The second kappa shape index (κ2) is 7.65. The Bertz CT molecular complexity index is 444. The molecule has 0 spiro atoms. The van der Waals surface area contributed by atoms with E-state index in [2.05, 4.69) is 5.32 Å². The van der Waals surface area contributed by atoms with Crippen molar-refractivity contribution in [3.8, 4) is 0 Å². The van der Waals surface area contributed by atoms with Crippen molar-refractivity contribution in [2.45, 2.75) is 38.8 Å². The van der Waals surface area contributed by atoms with Crippen molar-refractivity contribution in [3.05, 3.63) is 35.9 Å². The predicted molar refractivity (Wildman–Crippen MR) is 75.6 cm³/mol. The van der Waals surface area contributed by atoms with Crippen LogP contribution in [0, 0.1) is 5.92 Å². The zero-order valence-electron chi connectivity index (χ0n) is 11.7. The molecule has 1 rings (SSSR count). The van der Waals surface area contributed by atoms with E-state index in [1.54, 1.807) is 0 Å². The number of hydrogen-bond donors (Lipinski definition) is 3. The molecule has 0 aliphatic heterocycles. The van der Waals surface area contributed by atoms with Crippen molar-refractivity contribution in [3.63, 3.8) is 0 Å². The van der Waals surface area contributed by atoms with Crippen molar-refractivity contribution < 1.29 is 19.8 Å². The van der Waals surface area contributed by atoms with Crippen LogP contribution < -0.4 is 5.32 Å². The van der Waals surface area contributed by atoms with Gasteiger partial charge in [-0.3, -0.25) is 14.9 Å². The van der Waals surface area contributed by atoms with Crippen LogP contribution in [0.1, 0.15) is 25.8 Å². The first-order valence-corrected chi connectivity index (χ1v) is 6.65. The third-order valence-electron chi connectivity index (χ3n) is 2.99. The molecule has 0 saturated carbocycles. The highest BCUT2D eigenvalue weighted by Gasteiger charge is 2.26. The van der Waals surface area contributed by atoms with E-state index in [9.17, 15) is 14.7 Å². The Labute approximate surface area is 118 Å². The number of nitrogens with one attached hydrogen (secondary N) is 1. The third-order valence-corrected chi connectivity index (χ3v) is 2.99. The summed E-state index contributed by atoms with van der Waals surface area (Å²) in [5, 5.41) is 21.1. The van der Waals surface area contributed by atoms with Gasteiger partial charge in [-0.2, -0.15) is 0 Å². The van der Waals surface area contributed by atoms with Crippen molar-refractivity contribution in [1.29, 1.82) is 0 Å². The van der Waals surface area contributed by atoms with Crippen LogP contribution in [0.4, 0.5) is 0 Å². The maximum Gasteiger partial charge on any atom is 0.321 e. The van der Waals surface area contributed by atoms with Gasteiger partial charge in [-0.25, -0.2) is 0 Å². The molecule has 5 heteroatoms. The van der Waals surface area contributed by atoms with Crippen LogP contribution >= 0.6 is 0 Å². The number of benzene rings is 1. The lowest BCUT2D eigenvalue weighted by atomic mass is 10.0. The SMILES string of the molecule is CC(C)C[C@H](N[C@@H](Cc1ccccc1)C(=O)O)C(=O)O. The average Bonchev–Trinajstić information content (AvgIpc) is 2.37. The van der Waals surface area contributed by atoms with Gasteiger partial charge in [0.1, 0.15) is 12.1 Å². The highest BCUT2D eigenvalue weighted by Crippen LogP contribution is 2.09. The van der Waals surface area contributed by atoms with Gasteiger partial charge in [0.25, 0.3) is 0 Å². The lowest BCUT2D eigenvalue weighted by molar-refractivity contribution is -0.142. The van der Waals surface area contributed by atoms with Gasteiger partial charge >= 0.3 is 11.9 Å². The monoisotopic (exact) mass is 279 g/mol. The second-order valence-electron chi connectivity index (χ2n) is 5.27. The summed E-state index contributed by atoms with van der Waals surface area (Å²) in [6, 6.07) is 7.42. The van der Waals surface area contributed by atoms with E-state index in [-0.39, 0.29) is 12.3 Å². The molecule has 0 unspecified atom stereocenters. The minimum atomic E-state index is -1.04. The fourth-order valence-corrected chi connectivity index (χ4v) is 2.02. The smallest absolute Gasteiger partial charge is 0.321 e. The number of aliphatic carboxylic acids is 2. The molecule has 0 bridgehead atoms. The molecule has 20 heavy (non-hydrogen) atoms. The first kappa shape index (κ1) is 16.2. The Hall–Kier alpha value is -1.88. The molecule has 110 valence electrons. The van der Waals surface area contributed by atoms with Gasteiger partial charge in [0.2, 0.25) is 0 Å². The molecule has 0 radical (unpaired) electrons. The summed E-state index contributed by atoms with van der Waals surface area (Å²) in [7, 11) is 0. The summed E-state index contributed by atoms with van der Waals surface area (Å²) in [6.07, 6.45) is 0.659. The van der Waals surface area contributed by atoms with E-state index >= 15 is 0 Å². The molecule has 0 saturated heterocycles. The standard InChI is InChI=1S/C15H21NO4/c1-10(2)8-12(14(17)18)16-13(15(19)20)9-11-6-4-3-5-7-11/h3-7,10,12-13,16H,8-9H2,1-2H3,(H,17,18)(H,19,20)/t12-,13-/m0/s1. The minimum absolute atomic E-state index is 0.176. The number of carbonyl (C=O) groups is 2. The van der Waals surface area contributed by atoms with Crippen molar-refractivity contribution in [1.82, 2.24) is 5.32 Å². The molecule has 1 aromatic rings. The molecule has 0 amide bonds. The van der Waals surface area contributed by atoms with Gasteiger partial charge in [-0.05, 0) is 24.3 Å². The van der Waals surface area contributed by atoms with Crippen LogP contribution in [-0.4, -0.2) is 34.2 Å². The topological polar surface area (TPSA) is 86.6 Å². The van der Waals surface area contributed by atoms with Crippen molar-refractivity contribution >= 4 is 11.9 Å². The zero-order valence-corrected chi connectivity index (χ0v) is 11.7. The first-order chi connectivity index (χ1) is 9.40. The fraction of sp³-hybridized carbons (Fsp3) is 0.467. The van der Waals surface area contributed by atoms with Crippen LogP contribution in [-0.2, 0) is 16.0 Å². The second-order valence-corrected chi connectivity index (χ2v) is 5.27. The van der Waals surface area contributed by atoms with E-state index in [1.807, 2.05) is 44.2 Å². The molecule has 2 atom stereocenters. The number of rotatable bonds is 8. The van der Waals surface area contributed by atoms with Crippen LogP contribution in [0.25, 0.3) is 0 Å². The van der Waals surface area contributed by atoms with E-state index in [0.29, 0.717) is 6.42 Å². The Morgan fingerprint density at radius 3 is 2.05 bits per heavy atom. The highest BCUT2D eigenvalue weighted by atomic mass is 16.4. The van der Waals surface area contributed by atoms with Gasteiger partial charge in [-0.15, -0.1) is 0 Å². The van der Waals surface area contributed by atoms with Gasteiger partial charge in [-0.1, -0.05) is 44.2 Å². The first-order valence-electron chi connectivity index (χ1n) is 6.65. The Balaban J connectivity index is 2.75. The molecule has 0 heterocycles. The molecule has 5 nitrogen and oxygen atoms in total. The van der Waals surface area contributed by atoms with Gasteiger partial charge in [0, 0.05) is 0 Å². The number of carboxylic acids is 2. The predicted octanol–water partition coefficient (Wildman–Crippen LogP) is 1.77. The van der Waals surface area contributed by atoms with E-state index in [4.69, 9.17) is 5.11 Å². The van der Waals surface area contributed by atoms with Crippen LogP contribution in [0.2, 0.25) is 0 Å². The molecule has 0 fully saturated rings. The summed E-state index contributed by atoms with van der Waals surface area (Å²) in [4.78, 5) is 22.5. The molecule has 1 aromatic carbocycles. The summed E-state index contributed by atoms with van der Waals surface area (Å²) >= 11 is 0. The maximum atomic E-state index is 11.3. The Morgan fingerprint density at radius 1 is 1.05 bits per heavy atom.